The molecule has 0 saturated carbocycles. The molecule has 2 heterocycles. The number of nitrogens with zero attached hydrogens (tertiary/aromatic N) is 2. The Bertz CT molecular complexity index is 324. The van der Waals surface area contributed by atoms with Gasteiger partial charge in [-0.1, -0.05) is 0 Å². The number of aromatic nitrogens is 1. The Kier molecular flexibility index (Phi) is 2.42. The fraction of sp³-hybridized carbons (Fsp3) is 0.545. The van der Waals surface area contributed by atoms with E-state index in [1.165, 1.54) is 11.3 Å². The second-order valence-corrected chi connectivity index (χ2v) is 4.05. The Balaban J connectivity index is 2.28. The molecule has 0 spiro atoms. The van der Waals surface area contributed by atoms with Gasteiger partial charge in [0, 0.05) is 36.7 Å². The van der Waals surface area contributed by atoms with E-state index in [0.29, 0.717) is 12.1 Å². The fourth-order valence-electron chi connectivity index (χ4n) is 2.09. The van der Waals surface area contributed by atoms with E-state index in [4.69, 9.17) is 5.73 Å². The Morgan fingerprint density at radius 3 is 2.93 bits per heavy atom. The van der Waals surface area contributed by atoms with Gasteiger partial charge in [-0.05, 0) is 31.9 Å². The number of pyridine rings is 1. The first-order valence-electron chi connectivity index (χ1n) is 5.13. The SMILES string of the molecule is Cc1cnccc1N1CCC(N)C1C. The Labute approximate surface area is 84.9 Å². The Hall–Kier alpha value is -1.09. The zero-order chi connectivity index (χ0) is 10.1. The molecule has 3 heteroatoms. The first kappa shape index (κ1) is 9.46. The second-order valence-electron chi connectivity index (χ2n) is 4.05. The lowest BCUT2D eigenvalue weighted by Gasteiger charge is -2.26. The van der Waals surface area contributed by atoms with Crippen molar-refractivity contribution in [2.45, 2.75) is 32.4 Å². The van der Waals surface area contributed by atoms with Gasteiger partial charge in [-0.15, -0.1) is 0 Å². The summed E-state index contributed by atoms with van der Waals surface area (Å²) in [5.74, 6) is 0. The van der Waals surface area contributed by atoms with Crippen molar-refractivity contribution in [2.75, 3.05) is 11.4 Å². The third kappa shape index (κ3) is 1.48. The Morgan fingerprint density at radius 2 is 2.36 bits per heavy atom. The molecule has 3 nitrogen and oxygen atoms in total. The predicted molar refractivity (Wildman–Crippen MR) is 58.4 cm³/mol. The van der Waals surface area contributed by atoms with Gasteiger partial charge in [-0.2, -0.15) is 0 Å². The molecule has 1 aromatic rings. The van der Waals surface area contributed by atoms with Crippen molar-refractivity contribution >= 4 is 5.69 Å². The van der Waals surface area contributed by atoms with Crippen molar-refractivity contribution < 1.29 is 0 Å². The zero-order valence-corrected chi connectivity index (χ0v) is 8.77. The molecule has 1 aliphatic rings. The molecule has 14 heavy (non-hydrogen) atoms. The van der Waals surface area contributed by atoms with Crippen LogP contribution in [0, 0.1) is 6.92 Å². The molecule has 2 unspecified atom stereocenters. The second kappa shape index (κ2) is 3.58. The lowest BCUT2D eigenvalue weighted by Crippen LogP contribution is -2.37. The monoisotopic (exact) mass is 191 g/mol. The number of anilines is 1. The minimum atomic E-state index is 0.308. The van der Waals surface area contributed by atoms with Gasteiger partial charge in [-0.3, -0.25) is 4.98 Å². The van der Waals surface area contributed by atoms with E-state index in [1.807, 2.05) is 12.4 Å². The van der Waals surface area contributed by atoms with Gasteiger partial charge < -0.3 is 10.6 Å². The van der Waals surface area contributed by atoms with Crippen molar-refractivity contribution in [3.63, 3.8) is 0 Å². The summed E-state index contributed by atoms with van der Waals surface area (Å²) in [5.41, 5.74) is 8.51. The van der Waals surface area contributed by atoms with Crippen LogP contribution in [0.1, 0.15) is 18.9 Å². The average Bonchev–Trinajstić information content (AvgIpc) is 2.49. The summed E-state index contributed by atoms with van der Waals surface area (Å²) >= 11 is 0. The molecule has 76 valence electrons. The third-order valence-electron chi connectivity index (χ3n) is 3.11. The molecule has 2 N–H and O–H groups in total. The van der Waals surface area contributed by atoms with Crippen LogP contribution in [0.25, 0.3) is 0 Å². The molecule has 2 rings (SSSR count). The number of hydrogen-bond acceptors (Lipinski definition) is 3. The van der Waals surface area contributed by atoms with Crippen molar-refractivity contribution in [1.82, 2.24) is 4.98 Å². The molecule has 0 amide bonds. The van der Waals surface area contributed by atoms with E-state index in [-0.39, 0.29) is 0 Å². The zero-order valence-electron chi connectivity index (χ0n) is 8.77. The summed E-state index contributed by atoms with van der Waals surface area (Å²) < 4.78 is 0. The van der Waals surface area contributed by atoms with Crippen LogP contribution in [-0.4, -0.2) is 23.6 Å². The molecule has 0 bridgehead atoms. The number of rotatable bonds is 1. The van der Waals surface area contributed by atoms with E-state index in [1.54, 1.807) is 0 Å². The molecule has 1 aromatic heterocycles. The minimum absolute atomic E-state index is 0.308. The molecular weight excluding hydrogens is 174 g/mol. The highest BCUT2D eigenvalue weighted by atomic mass is 15.2. The lowest BCUT2D eigenvalue weighted by molar-refractivity contribution is 0.623. The van der Waals surface area contributed by atoms with Crippen molar-refractivity contribution in [3.8, 4) is 0 Å². The van der Waals surface area contributed by atoms with E-state index in [9.17, 15) is 0 Å². The smallest absolute Gasteiger partial charge is 0.0429 e. The van der Waals surface area contributed by atoms with Gasteiger partial charge in [0.2, 0.25) is 0 Å². The van der Waals surface area contributed by atoms with Crippen LogP contribution in [0.5, 0.6) is 0 Å². The van der Waals surface area contributed by atoms with Crippen LogP contribution in [0.2, 0.25) is 0 Å². The van der Waals surface area contributed by atoms with Crippen molar-refractivity contribution in [3.05, 3.63) is 24.0 Å². The summed E-state index contributed by atoms with van der Waals surface area (Å²) in [6.07, 6.45) is 4.84. The van der Waals surface area contributed by atoms with E-state index in [2.05, 4.69) is 29.8 Å². The molecule has 0 aliphatic carbocycles. The summed E-state index contributed by atoms with van der Waals surface area (Å²) in [5, 5.41) is 0. The van der Waals surface area contributed by atoms with Crippen LogP contribution < -0.4 is 10.6 Å². The molecule has 1 fully saturated rings. The summed E-state index contributed by atoms with van der Waals surface area (Å²) in [7, 11) is 0. The fourth-order valence-corrected chi connectivity index (χ4v) is 2.09. The van der Waals surface area contributed by atoms with Crippen LogP contribution in [0.3, 0.4) is 0 Å². The average molecular weight is 191 g/mol. The van der Waals surface area contributed by atoms with Crippen LogP contribution >= 0.6 is 0 Å². The summed E-state index contributed by atoms with van der Waals surface area (Å²) in [6, 6.07) is 2.82. The predicted octanol–water partition coefficient (Wildman–Crippen LogP) is 1.32. The summed E-state index contributed by atoms with van der Waals surface area (Å²) in [6.45, 7) is 5.35. The van der Waals surface area contributed by atoms with Gasteiger partial charge in [0.1, 0.15) is 0 Å². The first-order chi connectivity index (χ1) is 6.70. The number of nitrogens with two attached hydrogens (primary N) is 1. The number of aryl methyl sites for hydroxylation is 1. The largest absolute Gasteiger partial charge is 0.367 e. The maximum absolute atomic E-state index is 6.00. The minimum Gasteiger partial charge on any atom is -0.367 e. The molecule has 1 aliphatic heterocycles. The van der Waals surface area contributed by atoms with Crippen LogP contribution in [0.4, 0.5) is 5.69 Å². The summed E-state index contributed by atoms with van der Waals surface area (Å²) in [4.78, 5) is 6.48. The standard InChI is InChI=1S/C11H17N3/c1-8-7-13-5-3-11(8)14-6-4-10(12)9(14)2/h3,5,7,9-10H,4,6,12H2,1-2H3. The number of hydrogen-bond donors (Lipinski definition) is 1. The van der Waals surface area contributed by atoms with E-state index >= 15 is 0 Å². The maximum Gasteiger partial charge on any atom is 0.0429 e. The van der Waals surface area contributed by atoms with Gasteiger partial charge in [0.25, 0.3) is 0 Å². The van der Waals surface area contributed by atoms with Gasteiger partial charge in [0.05, 0.1) is 0 Å². The third-order valence-corrected chi connectivity index (χ3v) is 3.11. The quantitative estimate of drug-likeness (QED) is 0.728. The van der Waals surface area contributed by atoms with Gasteiger partial charge in [0.15, 0.2) is 0 Å². The lowest BCUT2D eigenvalue weighted by atomic mass is 10.1. The van der Waals surface area contributed by atoms with E-state index < -0.39 is 0 Å². The van der Waals surface area contributed by atoms with Gasteiger partial charge >= 0.3 is 0 Å². The molecule has 0 aromatic carbocycles. The normalized spacial score (nSPS) is 26.9. The molecule has 2 atom stereocenters. The Morgan fingerprint density at radius 1 is 1.57 bits per heavy atom. The maximum atomic E-state index is 6.00. The molecular formula is C11H17N3. The highest BCUT2D eigenvalue weighted by molar-refractivity contribution is 5.53. The first-order valence-corrected chi connectivity index (χ1v) is 5.13. The van der Waals surface area contributed by atoms with E-state index in [0.717, 1.165) is 13.0 Å². The van der Waals surface area contributed by atoms with Crippen molar-refractivity contribution in [2.24, 2.45) is 5.73 Å². The van der Waals surface area contributed by atoms with Crippen molar-refractivity contribution in [1.29, 1.82) is 0 Å². The topological polar surface area (TPSA) is 42.2 Å². The highest BCUT2D eigenvalue weighted by Crippen LogP contribution is 2.26. The molecule has 0 radical (unpaired) electrons. The van der Waals surface area contributed by atoms with Gasteiger partial charge in [-0.25, -0.2) is 0 Å². The van der Waals surface area contributed by atoms with Crippen LogP contribution in [0.15, 0.2) is 18.5 Å². The molecule has 1 saturated heterocycles. The highest BCUT2D eigenvalue weighted by Gasteiger charge is 2.28. The van der Waals surface area contributed by atoms with Crippen LogP contribution in [-0.2, 0) is 0 Å².